The Labute approximate surface area is 147 Å². The number of carbonyl (C=O) groups excluding carboxylic acids is 2. The van der Waals surface area contributed by atoms with Gasteiger partial charge < -0.3 is 20.7 Å². The molecular weight excluding hydrogens is 318 g/mol. The second-order valence-electron chi connectivity index (χ2n) is 5.98. The van der Waals surface area contributed by atoms with Crippen molar-refractivity contribution in [2.24, 2.45) is 0 Å². The van der Waals surface area contributed by atoms with Gasteiger partial charge in [0.2, 0.25) is 0 Å². The first-order valence-corrected chi connectivity index (χ1v) is 8.09. The van der Waals surface area contributed by atoms with Crippen molar-refractivity contribution in [2.45, 2.75) is 26.8 Å². The molecule has 3 amide bonds. The van der Waals surface area contributed by atoms with Crippen molar-refractivity contribution in [2.75, 3.05) is 17.2 Å². The van der Waals surface area contributed by atoms with Gasteiger partial charge in [-0.05, 0) is 57.2 Å². The third-order valence-electron chi connectivity index (χ3n) is 3.24. The van der Waals surface area contributed by atoms with E-state index in [-0.39, 0.29) is 24.6 Å². The van der Waals surface area contributed by atoms with Gasteiger partial charge in [-0.25, -0.2) is 4.79 Å². The quantitative estimate of drug-likeness (QED) is 0.752. The number of anilines is 2. The normalized spacial score (nSPS) is 10.2. The molecule has 2 aromatic carbocycles. The van der Waals surface area contributed by atoms with Crippen molar-refractivity contribution in [1.29, 1.82) is 0 Å². The van der Waals surface area contributed by atoms with Gasteiger partial charge in [0, 0.05) is 17.4 Å². The summed E-state index contributed by atoms with van der Waals surface area (Å²) in [5.74, 6) is 0.398. The molecule has 0 saturated carbocycles. The Hall–Kier alpha value is -3.02. The van der Waals surface area contributed by atoms with Crippen LogP contribution in [0.2, 0.25) is 0 Å². The Bertz CT molecular complexity index is 710. The summed E-state index contributed by atoms with van der Waals surface area (Å²) in [5, 5.41) is 8.20. The first-order valence-electron chi connectivity index (χ1n) is 8.09. The lowest BCUT2D eigenvalue weighted by atomic mass is 10.2. The molecule has 0 unspecified atom stereocenters. The lowest BCUT2D eigenvalue weighted by molar-refractivity contribution is -0.118. The summed E-state index contributed by atoms with van der Waals surface area (Å²) in [7, 11) is 0. The van der Waals surface area contributed by atoms with E-state index < -0.39 is 0 Å². The number of amides is 3. The topological polar surface area (TPSA) is 79.5 Å². The average Bonchev–Trinajstić information content (AvgIpc) is 2.55. The largest absolute Gasteiger partial charge is 0.484 e. The molecular formula is C19H23N3O3. The van der Waals surface area contributed by atoms with Crippen LogP contribution >= 0.6 is 0 Å². The van der Waals surface area contributed by atoms with E-state index in [4.69, 9.17) is 4.74 Å². The Morgan fingerprint density at radius 1 is 0.920 bits per heavy atom. The molecule has 2 aromatic rings. The molecule has 2 rings (SSSR count). The maximum absolute atomic E-state index is 11.9. The Morgan fingerprint density at radius 3 is 2.04 bits per heavy atom. The van der Waals surface area contributed by atoms with Crippen LogP contribution < -0.4 is 20.7 Å². The highest BCUT2D eigenvalue weighted by molar-refractivity contribution is 5.93. The zero-order chi connectivity index (χ0) is 18.2. The number of ether oxygens (including phenoxy) is 1. The minimum Gasteiger partial charge on any atom is -0.484 e. The summed E-state index contributed by atoms with van der Waals surface area (Å²) >= 11 is 0. The Balaban J connectivity index is 1.80. The highest BCUT2D eigenvalue weighted by Crippen LogP contribution is 2.14. The second kappa shape index (κ2) is 8.73. The predicted octanol–water partition coefficient (Wildman–Crippen LogP) is 3.54. The van der Waals surface area contributed by atoms with E-state index in [1.807, 2.05) is 45.0 Å². The number of rotatable bonds is 6. The molecule has 0 aliphatic carbocycles. The standard InChI is InChI=1S/C19H23N3O3/c1-13(2)20-19(24)22-16-8-6-15(7-9-16)21-18(23)12-25-17-10-4-14(3)5-11-17/h4-11,13H,12H2,1-3H3,(H,21,23)(H2,20,22,24). The van der Waals surface area contributed by atoms with E-state index in [0.717, 1.165) is 5.56 Å². The number of urea groups is 1. The van der Waals surface area contributed by atoms with Crippen LogP contribution in [0, 0.1) is 6.92 Å². The fourth-order valence-electron chi connectivity index (χ4n) is 2.05. The number of hydrogen-bond acceptors (Lipinski definition) is 3. The van der Waals surface area contributed by atoms with Gasteiger partial charge in [-0.2, -0.15) is 0 Å². The number of benzene rings is 2. The SMILES string of the molecule is Cc1ccc(OCC(=O)Nc2ccc(NC(=O)NC(C)C)cc2)cc1. The van der Waals surface area contributed by atoms with Crippen molar-refractivity contribution in [3.8, 4) is 5.75 Å². The van der Waals surface area contributed by atoms with Gasteiger partial charge in [0.25, 0.3) is 5.91 Å². The minimum absolute atomic E-state index is 0.0621. The van der Waals surface area contributed by atoms with Gasteiger partial charge >= 0.3 is 6.03 Å². The molecule has 0 bridgehead atoms. The first-order chi connectivity index (χ1) is 11.9. The molecule has 132 valence electrons. The van der Waals surface area contributed by atoms with Crippen LogP contribution in [0.1, 0.15) is 19.4 Å². The highest BCUT2D eigenvalue weighted by Gasteiger charge is 2.06. The number of aryl methyl sites for hydroxylation is 1. The lowest BCUT2D eigenvalue weighted by Crippen LogP contribution is -2.34. The first kappa shape index (κ1) is 18.3. The molecule has 0 fully saturated rings. The van der Waals surface area contributed by atoms with Crippen molar-refractivity contribution in [1.82, 2.24) is 5.32 Å². The van der Waals surface area contributed by atoms with Crippen LogP contribution in [0.5, 0.6) is 5.75 Å². The summed E-state index contributed by atoms with van der Waals surface area (Å²) in [6.07, 6.45) is 0. The molecule has 6 nitrogen and oxygen atoms in total. The zero-order valence-corrected chi connectivity index (χ0v) is 14.6. The van der Waals surface area contributed by atoms with Gasteiger partial charge in [-0.3, -0.25) is 4.79 Å². The number of nitrogens with one attached hydrogen (secondary N) is 3. The molecule has 0 saturated heterocycles. The lowest BCUT2D eigenvalue weighted by Gasteiger charge is -2.11. The van der Waals surface area contributed by atoms with Crippen LogP contribution in [0.25, 0.3) is 0 Å². The average molecular weight is 341 g/mol. The third-order valence-corrected chi connectivity index (χ3v) is 3.24. The van der Waals surface area contributed by atoms with E-state index in [1.165, 1.54) is 0 Å². The predicted molar refractivity (Wildman–Crippen MR) is 99.0 cm³/mol. The second-order valence-corrected chi connectivity index (χ2v) is 5.98. The maximum Gasteiger partial charge on any atom is 0.319 e. The van der Waals surface area contributed by atoms with Gasteiger partial charge in [-0.15, -0.1) is 0 Å². The third kappa shape index (κ3) is 6.55. The molecule has 0 radical (unpaired) electrons. The van der Waals surface area contributed by atoms with Crippen molar-refractivity contribution in [3.63, 3.8) is 0 Å². The summed E-state index contributed by atoms with van der Waals surface area (Å²) < 4.78 is 5.43. The molecule has 0 aliphatic rings. The van der Waals surface area contributed by atoms with Gasteiger partial charge in [-0.1, -0.05) is 17.7 Å². The maximum atomic E-state index is 11.9. The van der Waals surface area contributed by atoms with Crippen molar-refractivity contribution in [3.05, 3.63) is 54.1 Å². The fourth-order valence-corrected chi connectivity index (χ4v) is 2.05. The molecule has 0 heterocycles. The number of carbonyl (C=O) groups is 2. The molecule has 25 heavy (non-hydrogen) atoms. The van der Waals surface area contributed by atoms with Gasteiger partial charge in [0.1, 0.15) is 5.75 Å². The van der Waals surface area contributed by atoms with E-state index >= 15 is 0 Å². The smallest absolute Gasteiger partial charge is 0.319 e. The molecule has 0 atom stereocenters. The Morgan fingerprint density at radius 2 is 1.48 bits per heavy atom. The number of hydrogen-bond donors (Lipinski definition) is 3. The highest BCUT2D eigenvalue weighted by atomic mass is 16.5. The minimum atomic E-state index is -0.265. The van der Waals surface area contributed by atoms with Crippen LogP contribution in [0.4, 0.5) is 16.2 Å². The Kier molecular flexibility index (Phi) is 6.39. The van der Waals surface area contributed by atoms with E-state index in [1.54, 1.807) is 24.3 Å². The van der Waals surface area contributed by atoms with Crippen molar-refractivity contribution < 1.29 is 14.3 Å². The van der Waals surface area contributed by atoms with Gasteiger partial charge in [0.15, 0.2) is 6.61 Å². The van der Waals surface area contributed by atoms with Crippen LogP contribution in [0.3, 0.4) is 0 Å². The summed E-state index contributed by atoms with van der Waals surface area (Å²) in [4.78, 5) is 23.5. The molecule has 0 spiro atoms. The summed E-state index contributed by atoms with van der Waals surface area (Å²) in [6.45, 7) is 5.69. The zero-order valence-electron chi connectivity index (χ0n) is 14.6. The van der Waals surface area contributed by atoms with Crippen molar-refractivity contribution >= 4 is 23.3 Å². The van der Waals surface area contributed by atoms with Gasteiger partial charge in [0.05, 0.1) is 0 Å². The van der Waals surface area contributed by atoms with E-state index in [2.05, 4.69) is 16.0 Å². The molecule has 0 aromatic heterocycles. The van der Waals surface area contributed by atoms with Crippen LogP contribution in [-0.2, 0) is 4.79 Å². The summed E-state index contributed by atoms with van der Waals surface area (Å²) in [6, 6.07) is 14.2. The molecule has 3 N–H and O–H groups in total. The van der Waals surface area contributed by atoms with Crippen LogP contribution in [0.15, 0.2) is 48.5 Å². The summed E-state index contributed by atoms with van der Waals surface area (Å²) in [5.41, 5.74) is 2.41. The van der Waals surface area contributed by atoms with E-state index in [9.17, 15) is 9.59 Å². The molecule has 6 heteroatoms. The van der Waals surface area contributed by atoms with E-state index in [0.29, 0.717) is 17.1 Å². The van der Waals surface area contributed by atoms with Crippen LogP contribution in [-0.4, -0.2) is 24.6 Å². The fraction of sp³-hybridized carbons (Fsp3) is 0.263. The monoisotopic (exact) mass is 341 g/mol. The molecule has 0 aliphatic heterocycles.